The fourth-order valence-corrected chi connectivity index (χ4v) is 10.5. The fraction of sp³-hybridized carbons (Fsp3) is 0.0667. The Kier molecular flexibility index (Phi) is 8.79. The van der Waals surface area contributed by atoms with Crippen molar-refractivity contribution in [1.29, 1.82) is 0 Å². The van der Waals surface area contributed by atoms with Gasteiger partial charge in [-0.3, -0.25) is 0 Å². The molecular formula is C60H42ClNO2. The molecule has 4 heteroatoms. The Morgan fingerprint density at radius 3 is 1.88 bits per heavy atom. The Labute approximate surface area is 378 Å². The van der Waals surface area contributed by atoms with Gasteiger partial charge in [0, 0.05) is 49.9 Å². The van der Waals surface area contributed by atoms with Crippen molar-refractivity contribution in [2.45, 2.75) is 24.7 Å². The molecule has 0 bridgehead atoms. The lowest BCUT2D eigenvalue weighted by atomic mass is 9.63. The molecule has 306 valence electrons. The van der Waals surface area contributed by atoms with Crippen LogP contribution >= 0.6 is 11.6 Å². The highest BCUT2D eigenvalue weighted by molar-refractivity contribution is 6.32. The molecule has 1 aromatic heterocycles. The van der Waals surface area contributed by atoms with E-state index in [4.69, 9.17) is 20.8 Å². The molecule has 64 heavy (non-hydrogen) atoms. The highest BCUT2D eigenvalue weighted by Gasteiger charge is 2.46. The highest BCUT2D eigenvalue weighted by Crippen LogP contribution is 2.58. The molecule has 3 nitrogen and oxygen atoms in total. The predicted octanol–water partition coefficient (Wildman–Crippen LogP) is 16.8. The lowest BCUT2D eigenvalue weighted by molar-refractivity contribution is 0.435. The first kappa shape index (κ1) is 38.1. The Morgan fingerprint density at radius 1 is 0.484 bits per heavy atom. The fourth-order valence-electron chi connectivity index (χ4n) is 10.2. The lowest BCUT2D eigenvalue weighted by Gasteiger charge is -2.42. The summed E-state index contributed by atoms with van der Waals surface area (Å²) in [6.07, 6.45) is 4.57. The van der Waals surface area contributed by atoms with E-state index < -0.39 is 5.41 Å². The molecule has 1 aliphatic heterocycles. The summed E-state index contributed by atoms with van der Waals surface area (Å²) in [7, 11) is 0. The van der Waals surface area contributed by atoms with Crippen LogP contribution in [0.5, 0.6) is 11.5 Å². The summed E-state index contributed by atoms with van der Waals surface area (Å²) in [6, 6.07) is 73.5. The summed E-state index contributed by atoms with van der Waals surface area (Å²) in [5.74, 6) is 1.42. The molecule has 0 saturated carbocycles. The molecule has 2 aliphatic rings. The van der Waals surface area contributed by atoms with Crippen molar-refractivity contribution in [2.75, 3.05) is 4.90 Å². The molecule has 1 aliphatic carbocycles. The van der Waals surface area contributed by atoms with Crippen LogP contribution in [0.3, 0.4) is 0 Å². The van der Waals surface area contributed by atoms with E-state index in [0.29, 0.717) is 10.8 Å². The minimum atomic E-state index is -0.765. The summed E-state index contributed by atoms with van der Waals surface area (Å²) >= 11 is 7.06. The molecule has 0 amide bonds. The van der Waals surface area contributed by atoms with Gasteiger partial charge in [0.25, 0.3) is 0 Å². The number of fused-ring (bicyclic) bond motifs is 6. The van der Waals surface area contributed by atoms with Crippen LogP contribution in [0, 0.1) is 0 Å². The van der Waals surface area contributed by atoms with Crippen LogP contribution in [0.4, 0.5) is 17.1 Å². The summed E-state index contributed by atoms with van der Waals surface area (Å²) in [5.41, 5.74) is 15.1. The Balaban J connectivity index is 1.14. The van der Waals surface area contributed by atoms with Crippen molar-refractivity contribution in [1.82, 2.24) is 0 Å². The summed E-state index contributed by atoms with van der Waals surface area (Å²) in [6.45, 7) is 4.56. The molecule has 0 radical (unpaired) electrons. The minimum absolute atomic E-state index is 0.0603. The van der Waals surface area contributed by atoms with Gasteiger partial charge in [-0.15, -0.1) is 0 Å². The van der Waals surface area contributed by atoms with Gasteiger partial charge in [0.05, 0.1) is 10.4 Å². The number of benzene rings is 9. The molecular weight excluding hydrogens is 802 g/mol. The van der Waals surface area contributed by atoms with E-state index in [-0.39, 0.29) is 5.41 Å². The molecule has 0 saturated heterocycles. The van der Waals surface area contributed by atoms with Crippen LogP contribution in [-0.2, 0) is 10.8 Å². The SMILES string of the molecule is CC1(C)C=Cc2cc(N(c3ccc4c(c3)C(c3ccccc3)(c3ccccc3)c3cccc(Cl)c3O4)c3cc(-c4ccc(-c5ccccc5)cc4)c4oc5ccccc5c4c3)ccc21. The van der Waals surface area contributed by atoms with Crippen LogP contribution in [0.25, 0.3) is 50.3 Å². The average molecular weight is 844 g/mol. The van der Waals surface area contributed by atoms with Crippen molar-refractivity contribution < 1.29 is 9.15 Å². The second kappa shape index (κ2) is 14.8. The van der Waals surface area contributed by atoms with Crippen LogP contribution in [0.15, 0.2) is 217 Å². The monoisotopic (exact) mass is 843 g/mol. The van der Waals surface area contributed by atoms with Crippen molar-refractivity contribution in [3.05, 3.63) is 251 Å². The Bertz CT molecular complexity index is 3400. The third kappa shape index (κ3) is 5.96. The number of hydrogen-bond donors (Lipinski definition) is 0. The van der Waals surface area contributed by atoms with Gasteiger partial charge in [-0.2, -0.15) is 0 Å². The maximum atomic E-state index is 7.06. The zero-order chi connectivity index (χ0) is 43.0. The Morgan fingerprint density at radius 2 is 1.12 bits per heavy atom. The van der Waals surface area contributed by atoms with E-state index in [1.807, 2.05) is 18.2 Å². The first-order valence-electron chi connectivity index (χ1n) is 21.8. The van der Waals surface area contributed by atoms with E-state index in [9.17, 15) is 0 Å². The third-order valence-electron chi connectivity index (χ3n) is 13.3. The van der Waals surface area contributed by atoms with E-state index in [0.717, 1.165) is 83.7 Å². The van der Waals surface area contributed by atoms with Crippen molar-refractivity contribution in [3.8, 4) is 33.8 Å². The maximum Gasteiger partial charge on any atom is 0.150 e. The second-order valence-electron chi connectivity index (χ2n) is 17.5. The van der Waals surface area contributed by atoms with Gasteiger partial charge in [-0.25, -0.2) is 0 Å². The lowest BCUT2D eigenvalue weighted by Crippen LogP contribution is -2.34. The predicted molar refractivity (Wildman–Crippen MR) is 265 cm³/mol. The number of hydrogen-bond acceptors (Lipinski definition) is 3. The average Bonchev–Trinajstić information content (AvgIpc) is 3.87. The number of rotatable bonds is 7. The summed E-state index contributed by atoms with van der Waals surface area (Å²) in [5, 5.41) is 2.69. The molecule has 9 aromatic carbocycles. The van der Waals surface area contributed by atoms with Gasteiger partial charge in [0.2, 0.25) is 0 Å². The molecule has 2 heterocycles. The van der Waals surface area contributed by atoms with Gasteiger partial charge in [-0.1, -0.05) is 189 Å². The first-order valence-corrected chi connectivity index (χ1v) is 22.2. The van der Waals surface area contributed by atoms with Gasteiger partial charge in [0.1, 0.15) is 16.9 Å². The Hall–Kier alpha value is -7.59. The number of para-hydroxylation sites is 2. The molecule has 10 aromatic rings. The third-order valence-corrected chi connectivity index (χ3v) is 13.6. The largest absolute Gasteiger partial charge is 0.455 e. The van der Waals surface area contributed by atoms with Gasteiger partial charge in [-0.05, 0) is 93.5 Å². The van der Waals surface area contributed by atoms with E-state index in [1.165, 1.54) is 16.7 Å². The van der Waals surface area contributed by atoms with Crippen LogP contribution in [0.2, 0.25) is 5.02 Å². The van der Waals surface area contributed by atoms with Crippen LogP contribution in [-0.4, -0.2) is 0 Å². The van der Waals surface area contributed by atoms with Crippen LogP contribution in [0.1, 0.15) is 47.2 Å². The standard InChI is InChI=1S/C60H42ClNO2/c1-59(2)34-33-42-35-45(29-31-51(42)59)62(47-36-49(57-50(37-47)48-21-12-13-24-55(48)63-57)41-27-25-40(26-28-41)39-15-6-3-7-16-39)46-30-32-56-53(38-46)60(43-17-8-4-9-18-43,44-19-10-5-11-20-44)52-22-14-23-54(61)58(52)64-56/h3-38H,1-2H3. The van der Waals surface area contributed by atoms with E-state index in [1.54, 1.807) is 0 Å². The number of halogens is 1. The minimum Gasteiger partial charge on any atom is -0.455 e. The van der Waals surface area contributed by atoms with E-state index >= 15 is 0 Å². The second-order valence-corrected chi connectivity index (χ2v) is 17.9. The number of ether oxygens (including phenoxy) is 1. The number of anilines is 3. The van der Waals surface area contributed by atoms with E-state index in [2.05, 4.69) is 219 Å². The summed E-state index contributed by atoms with van der Waals surface area (Å²) in [4.78, 5) is 2.40. The number of nitrogens with zero attached hydrogens (tertiary/aromatic N) is 1. The highest BCUT2D eigenvalue weighted by atomic mass is 35.5. The topological polar surface area (TPSA) is 25.6 Å². The van der Waals surface area contributed by atoms with Gasteiger partial charge >= 0.3 is 0 Å². The molecule has 0 unspecified atom stereocenters. The molecule has 0 fully saturated rings. The maximum absolute atomic E-state index is 7.06. The molecule has 0 N–H and O–H groups in total. The molecule has 0 atom stereocenters. The summed E-state index contributed by atoms with van der Waals surface area (Å²) < 4.78 is 13.6. The zero-order valence-corrected chi connectivity index (χ0v) is 36.2. The number of allylic oxidation sites excluding steroid dienone is 1. The number of furan rings is 1. The molecule has 0 spiro atoms. The normalized spacial score (nSPS) is 14.2. The van der Waals surface area contributed by atoms with Gasteiger partial charge in [0.15, 0.2) is 5.75 Å². The zero-order valence-electron chi connectivity index (χ0n) is 35.4. The molecule has 12 rings (SSSR count). The quantitative estimate of drug-likeness (QED) is 0.160. The van der Waals surface area contributed by atoms with Crippen molar-refractivity contribution >= 4 is 56.7 Å². The first-order chi connectivity index (χ1) is 31.4. The smallest absolute Gasteiger partial charge is 0.150 e. The van der Waals surface area contributed by atoms with Gasteiger partial charge < -0.3 is 14.1 Å². The van der Waals surface area contributed by atoms with Crippen molar-refractivity contribution in [3.63, 3.8) is 0 Å². The van der Waals surface area contributed by atoms with Crippen molar-refractivity contribution in [2.24, 2.45) is 0 Å². The van der Waals surface area contributed by atoms with Crippen LogP contribution < -0.4 is 9.64 Å².